The summed E-state index contributed by atoms with van der Waals surface area (Å²) < 4.78 is 11.2. The third-order valence-corrected chi connectivity index (χ3v) is 4.79. The monoisotopic (exact) mass is 327 g/mol. The van der Waals surface area contributed by atoms with Gasteiger partial charge in [-0.05, 0) is 12.8 Å². The molecule has 2 aliphatic heterocycles. The van der Waals surface area contributed by atoms with E-state index >= 15 is 0 Å². The van der Waals surface area contributed by atoms with Crippen LogP contribution in [0.2, 0.25) is 0 Å². The number of nitrogens with zero attached hydrogens (tertiary/aromatic N) is 2. The van der Waals surface area contributed by atoms with Gasteiger partial charge in [0.1, 0.15) is 0 Å². The number of H-pyrrole nitrogens is 1. The fraction of sp³-hybridized carbons (Fsp3) is 0.444. The van der Waals surface area contributed by atoms with Crippen molar-refractivity contribution in [3.05, 3.63) is 42.1 Å². The Bertz CT molecular complexity index is 687. The van der Waals surface area contributed by atoms with Crippen LogP contribution in [0.1, 0.15) is 23.2 Å². The van der Waals surface area contributed by atoms with E-state index < -0.39 is 0 Å². The van der Waals surface area contributed by atoms with Crippen LogP contribution >= 0.6 is 0 Å². The Morgan fingerprint density at radius 2 is 1.83 bits per heavy atom. The molecule has 1 N–H and O–H groups in total. The number of aromatic amines is 1. The fourth-order valence-electron chi connectivity index (χ4n) is 3.47. The topological polar surface area (TPSA) is 67.5 Å². The van der Waals surface area contributed by atoms with E-state index in [0.29, 0.717) is 24.7 Å². The van der Waals surface area contributed by atoms with Gasteiger partial charge in [-0.25, -0.2) is 0 Å². The van der Waals surface area contributed by atoms with Crippen molar-refractivity contribution in [2.75, 3.05) is 26.3 Å². The third kappa shape index (κ3) is 2.95. The first kappa shape index (κ1) is 15.4. The van der Waals surface area contributed by atoms with E-state index in [1.807, 2.05) is 35.2 Å². The quantitative estimate of drug-likeness (QED) is 0.939. The van der Waals surface area contributed by atoms with Crippen LogP contribution in [-0.4, -0.2) is 53.6 Å². The highest BCUT2D eigenvalue weighted by Gasteiger charge is 2.32. The minimum absolute atomic E-state index is 0.0364. The highest BCUT2D eigenvalue weighted by atomic mass is 16.7. The molecule has 6 heteroatoms. The van der Waals surface area contributed by atoms with Gasteiger partial charge < -0.3 is 14.4 Å². The van der Waals surface area contributed by atoms with Crippen molar-refractivity contribution in [2.24, 2.45) is 5.92 Å². The molecule has 0 aliphatic carbocycles. The fourth-order valence-corrected chi connectivity index (χ4v) is 3.47. The van der Waals surface area contributed by atoms with E-state index in [2.05, 4.69) is 10.2 Å². The Balaban J connectivity index is 1.45. The van der Waals surface area contributed by atoms with E-state index in [9.17, 15) is 4.79 Å². The summed E-state index contributed by atoms with van der Waals surface area (Å²) in [6.45, 7) is 2.82. The van der Waals surface area contributed by atoms with Crippen LogP contribution in [0, 0.1) is 5.92 Å². The maximum Gasteiger partial charge on any atom is 0.257 e. The van der Waals surface area contributed by atoms with Gasteiger partial charge in [0.15, 0.2) is 6.29 Å². The molecule has 2 aliphatic rings. The summed E-state index contributed by atoms with van der Waals surface area (Å²) in [5, 5.41) is 7.04. The molecule has 2 saturated heterocycles. The molecule has 0 radical (unpaired) electrons. The number of ether oxygens (including phenoxy) is 2. The van der Waals surface area contributed by atoms with E-state index in [-0.39, 0.29) is 12.2 Å². The lowest BCUT2D eigenvalue weighted by Crippen LogP contribution is -2.41. The van der Waals surface area contributed by atoms with Crippen LogP contribution in [0.5, 0.6) is 0 Å². The van der Waals surface area contributed by atoms with Crippen LogP contribution in [0.15, 0.2) is 36.5 Å². The molecule has 0 saturated carbocycles. The van der Waals surface area contributed by atoms with Gasteiger partial charge in [-0.15, -0.1) is 0 Å². The van der Waals surface area contributed by atoms with Gasteiger partial charge >= 0.3 is 0 Å². The number of amides is 1. The largest absolute Gasteiger partial charge is 0.350 e. The average Bonchev–Trinajstić information content (AvgIpc) is 3.34. The summed E-state index contributed by atoms with van der Waals surface area (Å²) in [4.78, 5) is 14.8. The number of aromatic nitrogens is 2. The molecule has 24 heavy (non-hydrogen) atoms. The molecular formula is C18H21N3O3. The molecule has 4 rings (SSSR count). The van der Waals surface area contributed by atoms with E-state index in [4.69, 9.17) is 9.47 Å². The second kappa shape index (κ2) is 6.75. The Morgan fingerprint density at radius 3 is 2.54 bits per heavy atom. The number of nitrogens with one attached hydrogen (secondary N) is 1. The zero-order chi connectivity index (χ0) is 16.4. The molecule has 0 spiro atoms. The molecule has 2 aromatic rings. The van der Waals surface area contributed by atoms with Crippen molar-refractivity contribution < 1.29 is 14.3 Å². The van der Waals surface area contributed by atoms with E-state index in [1.165, 1.54) is 0 Å². The van der Waals surface area contributed by atoms with Crippen molar-refractivity contribution in [2.45, 2.75) is 19.1 Å². The normalized spacial score (nSPS) is 19.8. The molecule has 0 unspecified atom stereocenters. The Labute approximate surface area is 140 Å². The van der Waals surface area contributed by atoms with Crippen LogP contribution in [-0.2, 0) is 9.47 Å². The summed E-state index contributed by atoms with van der Waals surface area (Å²) in [5.41, 5.74) is 2.39. The van der Waals surface area contributed by atoms with Gasteiger partial charge in [-0.3, -0.25) is 9.89 Å². The standard InChI is InChI=1S/C18H21N3O3/c22-17(15-12-19-20-16(15)13-4-2-1-3-5-13)21-8-6-14(7-9-21)18-23-10-11-24-18/h1-5,12,14,18H,6-11H2,(H,19,20). The summed E-state index contributed by atoms with van der Waals surface area (Å²) in [6.07, 6.45) is 3.36. The maximum atomic E-state index is 12.9. The van der Waals surface area contributed by atoms with Gasteiger partial charge in [0, 0.05) is 24.6 Å². The van der Waals surface area contributed by atoms with Crippen LogP contribution in [0.4, 0.5) is 0 Å². The zero-order valence-corrected chi connectivity index (χ0v) is 13.5. The molecule has 1 aromatic heterocycles. The second-order valence-electron chi connectivity index (χ2n) is 6.26. The van der Waals surface area contributed by atoms with E-state index in [0.717, 1.165) is 37.2 Å². The number of likely N-dealkylation sites (tertiary alicyclic amines) is 1. The van der Waals surface area contributed by atoms with Gasteiger partial charge in [-0.1, -0.05) is 30.3 Å². The number of hydrogen-bond donors (Lipinski definition) is 1. The maximum absolute atomic E-state index is 12.9. The van der Waals surface area contributed by atoms with Crippen molar-refractivity contribution in [3.8, 4) is 11.3 Å². The third-order valence-electron chi connectivity index (χ3n) is 4.79. The number of benzene rings is 1. The first-order chi connectivity index (χ1) is 11.8. The molecule has 6 nitrogen and oxygen atoms in total. The van der Waals surface area contributed by atoms with Gasteiger partial charge in [0.25, 0.3) is 5.91 Å². The molecule has 0 atom stereocenters. The first-order valence-corrected chi connectivity index (χ1v) is 8.44. The van der Waals surface area contributed by atoms with Crippen LogP contribution in [0.25, 0.3) is 11.3 Å². The Morgan fingerprint density at radius 1 is 1.12 bits per heavy atom. The number of carbonyl (C=O) groups is 1. The van der Waals surface area contributed by atoms with Gasteiger partial charge in [0.2, 0.25) is 0 Å². The molecule has 0 bridgehead atoms. The van der Waals surface area contributed by atoms with Crippen molar-refractivity contribution in [3.63, 3.8) is 0 Å². The van der Waals surface area contributed by atoms with Crippen LogP contribution < -0.4 is 0 Å². The predicted octanol–water partition coefficient (Wildman–Crippen LogP) is 2.30. The molecular weight excluding hydrogens is 306 g/mol. The summed E-state index contributed by atoms with van der Waals surface area (Å²) >= 11 is 0. The SMILES string of the molecule is O=C(c1cn[nH]c1-c1ccccc1)N1CCC(C2OCCO2)CC1. The molecule has 126 valence electrons. The number of hydrogen-bond acceptors (Lipinski definition) is 4. The number of rotatable bonds is 3. The minimum Gasteiger partial charge on any atom is -0.350 e. The lowest BCUT2D eigenvalue weighted by Gasteiger charge is -2.33. The number of carbonyl (C=O) groups excluding carboxylic acids is 1. The van der Waals surface area contributed by atoms with Crippen molar-refractivity contribution in [1.82, 2.24) is 15.1 Å². The Hall–Kier alpha value is -2.18. The highest BCUT2D eigenvalue weighted by molar-refractivity contribution is 5.99. The Kier molecular flexibility index (Phi) is 4.32. The summed E-state index contributed by atoms with van der Waals surface area (Å²) in [5.74, 6) is 0.420. The molecule has 2 fully saturated rings. The first-order valence-electron chi connectivity index (χ1n) is 8.44. The van der Waals surface area contributed by atoms with Gasteiger partial charge in [-0.2, -0.15) is 5.10 Å². The zero-order valence-electron chi connectivity index (χ0n) is 13.5. The van der Waals surface area contributed by atoms with Crippen molar-refractivity contribution >= 4 is 5.91 Å². The smallest absolute Gasteiger partial charge is 0.257 e. The van der Waals surface area contributed by atoms with Crippen molar-refractivity contribution in [1.29, 1.82) is 0 Å². The van der Waals surface area contributed by atoms with E-state index in [1.54, 1.807) is 6.20 Å². The summed E-state index contributed by atoms with van der Waals surface area (Å²) in [7, 11) is 0. The lowest BCUT2D eigenvalue weighted by atomic mass is 9.95. The number of piperidine rings is 1. The molecule has 1 amide bonds. The minimum atomic E-state index is -0.0870. The molecule has 3 heterocycles. The van der Waals surface area contributed by atoms with Crippen LogP contribution in [0.3, 0.4) is 0 Å². The lowest BCUT2D eigenvalue weighted by molar-refractivity contribution is -0.0956. The predicted molar refractivity (Wildman–Crippen MR) is 88.3 cm³/mol. The highest BCUT2D eigenvalue weighted by Crippen LogP contribution is 2.28. The van der Waals surface area contributed by atoms with Gasteiger partial charge in [0.05, 0.1) is 30.7 Å². The second-order valence-corrected chi connectivity index (χ2v) is 6.26. The molecule has 1 aromatic carbocycles. The summed E-state index contributed by atoms with van der Waals surface area (Å²) in [6, 6.07) is 9.82. The average molecular weight is 327 g/mol.